The quantitative estimate of drug-likeness (QED) is 0.465. The second kappa shape index (κ2) is 5.99. The predicted octanol–water partition coefficient (Wildman–Crippen LogP) is 3.19. The fraction of sp³-hybridized carbons (Fsp3) is 0.455. The van der Waals surface area contributed by atoms with Gasteiger partial charge in [0.25, 0.3) is 0 Å². The summed E-state index contributed by atoms with van der Waals surface area (Å²) in [5, 5.41) is 0. The summed E-state index contributed by atoms with van der Waals surface area (Å²) in [6.07, 6.45) is -0.0358. The van der Waals surface area contributed by atoms with Crippen molar-refractivity contribution >= 4 is 0 Å². The molecule has 0 aromatic heterocycles. The lowest BCUT2D eigenvalue weighted by molar-refractivity contribution is 0.0519. The number of hydrogen-bond acceptors (Lipinski definition) is 2. The van der Waals surface area contributed by atoms with Gasteiger partial charge >= 0.3 is 0 Å². The van der Waals surface area contributed by atoms with Crippen LogP contribution in [0, 0.1) is 29.1 Å². The third-order valence-corrected chi connectivity index (χ3v) is 2.37. The van der Waals surface area contributed by atoms with Crippen LogP contribution in [0.4, 0.5) is 22.0 Å². The average Bonchev–Trinajstić information content (AvgIpc) is 2.38. The molecule has 0 amide bonds. The molecule has 0 saturated carbocycles. The normalized spacial score (nSPS) is 12.6. The first-order valence-electron chi connectivity index (χ1n) is 5.11. The van der Waals surface area contributed by atoms with Crippen LogP contribution in [0.2, 0.25) is 0 Å². The molecule has 1 unspecified atom stereocenters. The summed E-state index contributed by atoms with van der Waals surface area (Å²) in [5.41, 5.74) is 0. The van der Waals surface area contributed by atoms with E-state index in [0.717, 1.165) is 0 Å². The lowest BCUT2D eigenvalue weighted by atomic mass is 10.2. The van der Waals surface area contributed by atoms with Crippen LogP contribution in [-0.4, -0.2) is 19.8 Å². The molecule has 0 aliphatic rings. The van der Waals surface area contributed by atoms with Gasteiger partial charge in [0.05, 0.1) is 6.10 Å². The standard InChI is InChI=1S/C11H11F5O2/c1-3-5(17-2)4-18-11-9(15)7(13)6(12)8(14)10(11)16/h5H,3-4H2,1-2H3. The van der Waals surface area contributed by atoms with Crippen molar-refractivity contribution in [3.63, 3.8) is 0 Å². The van der Waals surface area contributed by atoms with Crippen molar-refractivity contribution in [2.24, 2.45) is 0 Å². The minimum absolute atomic E-state index is 0.314. The van der Waals surface area contributed by atoms with Crippen LogP contribution < -0.4 is 4.74 Å². The molecule has 0 saturated heterocycles. The number of ether oxygens (including phenoxy) is 2. The van der Waals surface area contributed by atoms with Gasteiger partial charge in [0.1, 0.15) is 6.61 Å². The van der Waals surface area contributed by atoms with Crippen molar-refractivity contribution in [1.29, 1.82) is 0 Å². The number of halogens is 5. The molecule has 0 fully saturated rings. The van der Waals surface area contributed by atoms with Gasteiger partial charge < -0.3 is 9.47 Å². The maximum absolute atomic E-state index is 13.2. The Kier molecular flexibility index (Phi) is 4.89. The van der Waals surface area contributed by atoms with Gasteiger partial charge in [-0.2, -0.15) is 8.78 Å². The van der Waals surface area contributed by atoms with Gasteiger partial charge in [-0.3, -0.25) is 0 Å². The smallest absolute Gasteiger partial charge is 0.206 e. The highest BCUT2D eigenvalue weighted by Crippen LogP contribution is 2.29. The van der Waals surface area contributed by atoms with Crippen LogP contribution in [0.3, 0.4) is 0 Å². The molecule has 0 aliphatic carbocycles. The van der Waals surface area contributed by atoms with Crippen LogP contribution in [0.15, 0.2) is 0 Å². The molecule has 102 valence electrons. The summed E-state index contributed by atoms with van der Waals surface area (Å²) in [7, 11) is 1.34. The number of rotatable bonds is 5. The lowest BCUT2D eigenvalue weighted by Gasteiger charge is -2.15. The zero-order chi connectivity index (χ0) is 13.9. The molecule has 0 aliphatic heterocycles. The second-order valence-electron chi connectivity index (χ2n) is 3.48. The van der Waals surface area contributed by atoms with E-state index in [2.05, 4.69) is 4.74 Å². The maximum atomic E-state index is 13.2. The van der Waals surface area contributed by atoms with Crippen molar-refractivity contribution in [3.8, 4) is 5.75 Å². The molecule has 0 heterocycles. The van der Waals surface area contributed by atoms with Gasteiger partial charge in [0.15, 0.2) is 5.75 Å². The van der Waals surface area contributed by atoms with E-state index in [4.69, 9.17) is 4.74 Å². The molecule has 1 aromatic carbocycles. The molecule has 0 radical (unpaired) electrons. The predicted molar refractivity (Wildman–Crippen MR) is 52.8 cm³/mol. The fourth-order valence-electron chi connectivity index (χ4n) is 1.24. The van der Waals surface area contributed by atoms with E-state index < -0.39 is 40.9 Å². The summed E-state index contributed by atoms with van der Waals surface area (Å²) < 4.78 is 74.2. The van der Waals surface area contributed by atoms with Gasteiger partial charge in [-0.15, -0.1) is 0 Å². The third-order valence-electron chi connectivity index (χ3n) is 2.37. The first-order valence-corrected chi connectivity index (χ1v) is 5.11. The van der Waals surface area contributed by atoms with Gasteiger partial charge in [-0.25, -0.2) is 13.2 Å². The molecule has 0 spiro atoms. The minimum atomic E-state index is -2.21. The van der Waals surface area contributed by atoms with E-state index in [0.29, 0.717) is 6.42 Å². The molecule has 7 heteroatoms. The maximum Gasteiger partial charge on any atom is 0.206 e. The molecule has 1 aromatic rings. The Morgan fingerprint density at radius 3 is 1.72 bits per heavy atom. The Morgan fingerprint density at radius 2 is 1.33 bits per heavy atom. The van der Waals surface area contributed by atoms with E-state index in [9.17, 15) is 22.0 Å². The van der Waals surface area contributed by atoms with Gasteiger partial charge in [0, 0.05) is 7.11 Å². The summed E-state index contributed by atoms with van der Waals surface area (Å²) >= 11 is 0. The van der Waals surface area contributed by atoms with Crippen LogP contribution in [-0.2, 0) is 4.74 Å². The zero-order valence-corrected chi connectivity index (χ0v) is 9.70. The number of methoxy groups -OCH3 is 1. The summed E-state index contributed by atoms with van der Waals surface area (Å²) in [4.78, 5) is 0. The Morgan fingerprint density at radius 1 is 0.889 bits per heavy atom. The topological polar surface area (TPSA) is 18.5 Å². The third kappa shape index (κ3) is 2.72. The van der Waals surface area contributed by atoms with Crippen molar-refractivity contribution < 1.29 is 31.4 Å². The first kappa shape index (κ1) is 14.7. The largest absolute Gasteiger partial charge is 0.485 e. The zero-order valence-electron chi connectivity index (χ0n) is 9.70. The molecular weight excluding hydrogens is 259 g/mol. The van der Waals surface area contributed by atoms with Gasteiger partial charge in [-0.05, 0) is 6.42 Å². The van der Waals surface area contributed by atoms with E-state index in [1.54, 1.807) is 6.92 Å². The van der Waals surface area contributed by atoms with Gasteiger partial charge in [-0.1, -0.05) is 6.92 Å². The van der Waals surface area contributed by atoms with Crippen molar-refractivity contribution in [2.45, 2.75) is 19.4 Å². The average molecular weight is 270 g/mol. The van der Waals surface area contributed by atoms with Crippen LogP contribution in [0.25, 0.3) is 0 Å². The first-order chi connectivity index (χ1) is 8.43. The molecule has 18 heavy (non-hydrogen) atoms. The molecule has 1 rings (SSSR count). The highest BCUT2D eigenvalue weighted by atomic mass is 19.2. The Labute approximate surface area is 100 Å². The molecule has 0 N–H and O–H groups in total. The summed E-state index contributed by atoms with van der Waals surface area (Å²) in [5.74, 6) is -11.5. The minimum Gasteiger partial charge on any atom is -0.485 e. The molecule has 1 atom stereocenters. The Balaban J connectivity index is 3.03. The van der Waals surface area contributed by atoms with Crippen LogP contribution in [0.5, 0.6) is 5.75 Å². The van der Waals surface area contributed by atoms with Crippen molar-refractivity contribution in [1.82, 2.24) is 0 Å². The Bertz CT molecular complexity index is 403. The molecular formula is C11H11F5O2. The van der Waals surface area contributed by atoms with E-state index in [1.807, 2.05) is 0 Å². The number of benzene rings is 1. The van der Waals surface area contributed by atoms with Crippen LogP contribution in [0.1, 0.15) is 13.3 Å². The highest BCUT2D eigenvalue weighted by Gasteiger charge is 2.27. The lowest BCUT2D eigenvalue weighted by Crippen LogP contribution is -2.20. The molecule has 2 nitrogen and oxygen atoms in total. The van der Waals surface area contributed by atoms with Gasteiger partial charge in [0.2, 0.25) is 29.1 Å². The second-order valence-corrected chi connectivity index (χ2v) is 3.48. The fourth-order valence-corrected chi connectivity index (χ4v) is 1.24. The van der Waals surface area contributed by atoms with E-state index >= 15 is 0 Å². The van der Waals surface area contributed by atoms with E-state index in [1.165, 1.54) is 7.11 Å². The SMILES string of the molecule is CCC(COc1c(F)c(F)c(F)c(F)c1F)OC. The van der Waals surface area contributed by atoms with Crippen molar-refractivity contribution in [2.75, 3.05) is 13.7 Å². The van der Waals surface area contributed by atoms with Crippen LogP contribution >= 0.6 is 0 Å². The Hall–Kier alpha value is -1.37. The number of hydrogen-bond donors (Lipinski definition) is 0. The van der Waals surface area contributed by atoms with E-state index in [-0.39, 0.29) is 6.61 Å². The highest BCUT2D eigenvalue weighted by molar-refractivity contribution is 5.29. The summed E-state index contributed by atoms with van der Waals surface area (Å²) in [6.45, 7) is 1.40. The van der Waals surface area contributed by atoms with Crippen molar-refractivity contribution in [3.05, 3.63) is 29.1 Å². The molecule has 0 bridgehead atoms. The summed E-state index contributed by atoms with van der Waals surface area (Å²) in [6, 6.07) is 0. The monoisotopic (exact) mass is 270 g/mol.